The van der Waals surface area contributed by atoms with E-state index >= 15 is 0 Å². The Morgan fingerprint density at radius 2 is 1.93 bits per heavy atom. The number of para-hydroxylation sites is 1. The molecule has 1 fully saturated rings. The van der Waals surface area contributed by atoms with Crippen molar-refractivity contribution in [3.8, 4) is 11.3 Å². The van der Waals surface area contributed by atoms with Crippen molar-refractivity contribution in [3.63, 3.8) is 0 Å². The lowest BCUT2D eigenvalue weighted by atomic mass is 9.91. The number of halogens is 1. The first-order valence-electron chi connectivity index (χ1n) is 13.5. The number of fused-ring (bicyclic) bond motifs is 1. The lowest BCUT2D eigenvalue weighted by molar-refractivity contribution is -0.111. The number of anilines is 2. The number of benzene rings is 1. The number of hydrogen-bond acceptors (Lipinski definition) is 8. The van der Waals surface area contributed by atoms with Crippen LogP contribution in [0.1, 0.15) is 31.5 Å². The Bertz CT molecular complexity index is 1470. The van der Waals surface area contributed by atoms with Crippen molar-refractivity contribution in [2.45, 2.75) is 44.3 Å². The van der Waals surface area contributed by atoms with Crippen LogP contribution in [0.3, 0.4) is 0 Å². The van der Waals surface area contributed by atoms with Gasteiger partial charge in [-0.3, -0.25) is 4.79 Å². The summed E-state index contributed by atoms with van der Waals surface area (Å²) in [6.07, 6.45) is 14.3. The number of nitrogens with zero attached hydrogens (tertiary/aromatic N) is 5. The van der Waals surface area contributed by atoms with Crippen molar-refractivity contribution in [1.29, 1.82) is 0 Å². The van der Waals surface area contributed by atoms with Crippen molar-refractivity contribution >= 4 is 40.0 Å². The van der Waals surface area contributed by atoms with E-state index in [0.29, 0.717) is 47.3 Å². The van der Waals surface area contributed by atoms with Gasteiger partial charge in [0.2, 0.25) is 11.9 Å². The van der Waals surface area contributed by atoms with Crippen LogP contribution in [0.25, 0.3) is 22.2 Å². The van der Waals surface area contributed by atoms with Gasteiger partial charge in [-0.05, 0) is 45.8 Å². The van der Waals surface area contributed by atoms with Gasteiger partial charge in [-0.15, -0.1) is 0 Å². The Morgan fingerprint density at radius 3 is 2.75 bits per heavy atom. The smallest absolute Gasteiger partial charge is 0.248 e. The summed E-state index contributed by atoms with van der Waals surface area (Å²) in [6, 6.07) is 8.65. The number of carbonyl (C=O) groups is 1. The van der Waals surface area contributed by atoms with E-state index in [1.165, 1.54) is 6.08 Å². The van der Waals surface area contributed by atoms with Gasteiger partial charge in [-0.1, -0.05) is 35.9 Å². The fourth-order valence-electron chi connectivity index (χ4n) is 4.88. The minimum atomic E-state index is -0.199. The van der Waals surface area contributed by atoms with Crippen LogP contribution in [0.15, 0.2) is 61.2 Å². The zero-order valence-electron chi connectivity index (χ0n) is 22.7. The Labute approximate surface area is 238 Å². The van der Waals surface area contributed by atoms with Gasteiger partial charge in [0.1, 0.15) is 5.82 Å². The van der Waals surface area contributed by atoms with E-state index in [1.807, 2.05) is 49.5 Å². The van der Waals surface area contributed by atoms with E-state index in [0.717, 1.165) is 42.1 Å². The first kappa shape index (κ1) is 27.7. The zero-order chi connectivity index (χ0) is 27.9. The van der Waals surface area contributed by atoms with Crippen LogP contribution >= 0.6 is 11.6 Å². The summed E-state index contributed by atoms with van der Waals surface area (Å²) in [4.78, 5) is 35.3. The molecule has 10 nitrogen and oxygen atoms in total. The number of aromatic nitrogens is 5. The molecule has 0 bridgehead atoms. The molecule has 0 unspecified atom stereocenters. The topological polar surface area (TPSA) is 124 Å². The summed E-state index contributed by atoms with van der Waals surface area (Å²) < 4.78 is 0. The number of likely N-dealkylation sites (N-methyl/N-ethyl adjacent to an activating group) is 1. The lowest BCUT2D eigenvalue weighted by Gasteiger charge is -2.30. The third-order valence-corrected chi connectivity index (χ3v) is 7.13. The van der Waals surface area contributed by atoms with Crippen LogP contribution in [0, 0.1) is 0 Å². The van der Waals surface area contributed by atoms with Gasteiger partial charge in [0.15, 0.2) is 0 Å². The zero-order valence-corrected chi connectivity index (χ0v) is 23.4. The highest BCUT2D eigenvalue weighted by atomic mass is 35.5. The van der Waals surface area contributed by atoms with E-state index in [4.69, 9.17) is 16.6 Å². The number of H-pyrrole nitrogens is 1. The molecule has 11 heteroatoms. The minimum Gasteiger partial charge on any atom is -0.360 e. The van der Waals surface area contributed by atoms with Crippen LogP contribution in [-0.2, 0) is 11.3 Å². The third kappa shape index (κ3) is 7.20. The predicted molar refractivity (Wildman–Crippen MR) is 159 cm³/mol. The maximum Gasteiger partial charge on any atom is 0.248 e. The van der Waals surface area contributed by atoms with Gasteiger partial charge in [0, 0.05) is 47.4 Å². The Balaban J connectivity index is 1.14. The van der Waals surface area contributed by atoms with Crippen LogP contribution in [0.5, 0.6) is 0 Å². The quantitative estimate of drug-likeness (QED) is 0.207. The first-order valence-corrected chi connectivity index (χ1v) is 13.8. The number of rotatable bonds is 10. The second-order valence-electron chi connectivity index (χ2n) is 10.3. The average Bonchev–Trinajstić information content (AvgIpc) is 3.38. The number of amides is 1. The van der Waals surface area contributed by atoms with Gasteiger partial charge in [-0.2, -0.15) is 0 Å². The molecule has 1 saturated carbocycles. The Morgan fingerprint density at radius 1 is 1.12 bits per heavy atom. The maximum absolute atomic E-state index is 12.0. The maximum atomic E-state index is 12.0. The highest BCUT2D eigenvalue weighted by molar-refractivity contribution is 6.33. The molecule has 2 atom stereocenters. The lowest BCUT2D eigenvalue weighted by Crippen LogP contribution is -2.39. The molecule has 5 rings (SSSR count). The van der Waals surface area contributed by atoms with E-state index in [-0.39, 0.29) is 11.9 Å². The number of carbonyl (C=O) groups excluding carboxylic acids is 1. The van der Waals surface area contributed by atoms with E-state index in [1.54, 1.807) is 18.6 Å². The largest absolute Gasteiger partial charge is 0.360 e. The van der Waals surface area contributed by atoms with Crippen LogP contribution in [0.2, 0.25) is 5.02 Å². The molecule has 1 aliphatic carbocycles. The summed E-state index contributed by atoms with van der Waals surface area (Å²) in [5.41, 5.74) is 3.28. The molecule has 0 radical (unpaired) electrons. The molecular weight excluding hydrogens is 526 g/mol. The standard InChI is InChI=1S/C29H34ClN9O/c1-39(2)12-6-11-27(40)36-21-14-33-26(34-15-21)18-31-19-7-5-8-20(13-19)37-29-35-17-24(30)28(38-29)23-16-32-25-10-4-3-9-22(23)25/h3-4,6,9-11,14-17,19-20,31-32H,5,7-8,12-13,18H2,1-2H3,(H,36,40)(H,35,37,38)/b11-6+/t19-,20+/m0/s1. The number of nitrogens with one attached hydrogen (secondary N) is 4. The molecular formula is C29H34ClN9O. The first-order chi connectivity index (χ1) is 19.4. The van der Waals surface area contributed by atoms with Gasteiger partial charge >= 0.3 is 0 Å². The molecule has 1 aliphatic rings. The Hall–Kier alpha value is -3.86. The fourth-order valence-corrected chi connectivity index (χ4v) is 5.08. The SMILES string of the molecule is CN(C)C/C=C/C(=O)Nc1cnc(CN[C@H]2CCC[C@@H](Nc3ncc(Cl)c(-c4c[nH]c5ccccc45)n3)C2)nc1. The molecule has 3 aromatic heterocycles. The molecule has 1 aromatic carbocycles. The van der Waals surface area contributed by atoms with Crippen LogP contribution < -0.4 is 16.0 Å². The summed E-state index contributed by atoms with van der Waals surface area (Å²) in [7, 11) is 3.89. The van der Waals surface area contributed by atoms with Crippen molar-refractivity contribution in [3.05, 3.63) is 72.1 Å². The van der Waals surface area contributed by atoms with E-state index in [9.17, 15) is 4.79 Å². The fraction of sp³-hybridized carbons (Fsp3) is 0.345. The van der Waals surface area contributed by atoms with Gasteiger partial charge in [0.05, 0.1) is 41.5 Å². The molecule has 0 spiro atoms. The van der Waals surface area contributed by atoms with Gasteiger partial charge in [0.25, 0.3) is 0 Å². The summed E-state index contributed by atoms with van der Waals surface area (Å²) in [5.74, 6) is 1.06. The third-order valence-electron chi connectivity index (χ3n) is 6.86. The highest BCUT2D eigenvalue weighted by Crippen LogP contribution is 2.32. The Kier molecular flexibility index (Phi) is 9.00. The molecule has 4 N–H and O–H groups in total. The van der Waals surface area contributed by atoms with Crippen molar-refractivity contribution in [1.82, 2.24) is 35.1 Å². The minimum absolute atomic E-state index is 0.199. The van der Waals surface area contributed by atoms with Crippen LogP contribution in [-0.4, -0.2) is 68.5 Å². The van der Waals surface area contributed by atoms with E-state index in [2.05, 4.69) is 42.0 Å². The van der Waals surface area contributed by atoms with Crippen molar-refractivity contribution < 1.29 is 4.79 Å². The molecule has 0 saturated heterocycles. The molecule has 4 aromatic rings. The number of aromatic amines is 1. The molecule has 1 amide bonds. The molecule has 3 heterocycles. The van der Waals surface area contributed by atoms with Crippen molar-refractivity contribution in [2.24, 2.45) is 0 Å². The predicted octanol–water partition coefficient (Wildman–Crippen LogP) is 4.64. The highest BCUT2D eigenvalue weighted by Gasteiger charge is 2.23. The second kappa shape index (κ2) is 13.0. The monoisotopic (exact) mass is 559 g/mol. The van der Waals surface area contributed by atoms with Gasteiger partial charge in [-0.25, -0.2) is 19.9 Å². The summed E-state index contributed by atoms with van der Waals surface area (Å²) >= 11 is 6.50. The van der Waals surface area contributed by atoms with E-state index < -0.39 is 0 Å². The molecule has 40 heavy (non-hydrogen) atoms. The number of hydrogen-bond donors (Lipinski definition) is 4. The normalized spacial score (nSPS) is 17.5. The summed E-state index contributed by atoms with van der Waals surface area (Å²) in [6.45, 7) is 1.25. The molecule has 0 aliphatic heterocycles. The molecule has 208 valence electrons. The average molecular weight is 560 g/mol. The van der Waals surface area contributed by atoms with Crippen molar-refractivity contribution in [2.75, 3.05) is 31.3 Å². The second-order valence-corrected chi connectivity index (χ2v) is 10.7. The van der Waals surface area contributed by atoms with Crippen LogP contribution in [0.4, 0.5) is 11.6 Å². The van der Waals surface area contributed by atoms with Gasteiger partial charge < -0.3 is 25.8 Å². The summed E-state index contributed by atoms with van der Waals surface area (Å²) in [5, 5.41) is 11.5.